The van der Waals surface area contributed by atoms with Crippen LogP contribution in [0.1, 0.15) is 48.2 Å². The first-order chi connectivity index (χ1) is 16.6. The zero-order valence-corrected chi connectivity index (χ0v) is 19.3. The molecule has 3 aromatic rings. The summed E-state index contributed by atoms with van der Waals surface area (Å²) < 4.78 is 7.76. The zero-order chi connectivity index (χ0) is 23.1. The summed E-state index contributed by atoms with van der Waals surface area (Å²) in [6.07, 6.45) is 7.74. The molecule has 0 unspecified atom stereocenters. The van der Waals surface area contributed by atoms with Crippen molar-refractivity contribution in [2.75, 3.05) is 31.6 Å². The number of carbonyl (C=O) groups excluding carboxylic acids is 1. The lowest BCUT2D eigenvalue weighted by Gasteiger charge is -2.45. The van der Waals surface area contributed by atoms with Crippen molar-refractivity contribution in [2.45, 2.75) is 44.2 Å². The summed E-state index contributed by atoms with van der Waals surface area (Å²) in [6.45, 7) is 7.62. The van der Waals surface area contributed by atoms with E-state index in [1.807, 2.05) is 35.4 Å². The fourth-order valence-electron chi connectivity index (χ4n) is 5.64. The molecule has 2 aromatic heterocycles. The molecule has 1 aliphatic carbocycles. The first-order valence-corrected chi connectivity index (χ1v) is 12.2. The van der Waals surface area contributed by atoms with E-state index in [0.29, 0.717) is 37.8 Å². The fourth-order valence-corrected chi connectivity index (χ4v) is 5.64. The highest BCUT2D eigenvalue weighted by atomic mass is 16.5. The molecule has 34 heavy (non-hydrogen) atoms. The normalized spacial score (nSPS) is 19.6. The van der Waals surface area contributed by atoms with Crippen LogP contribution in [0.25, 0.3) is 11.0 Å². The molecule has 8 heteroatoms. The van der Waals surface area contributed by atoms with Gasteiger partial charge in [0.05, 0.1) is 25.3 Å². The Labute approximate surface area is 199 Å². The maximum atomic E-state index is 12.7. The minimum absolute atomic E-state index is 0.0407. The van der Waals surface area contributed by atoms with Crippen molar-refractivity contribution >= 4 is 28.6 Å². The van der Waals surface area contributed by atoms with E-state index in [4.69, 9.17) is 9.72 Å². The highest BCUT2D eigenvalue weighted by Crippen LogP contribution is 2.44. The average molecular weight is 459 g/mol. The molecular formula is C26H30N6O2. The molecule has 8 nitrogen and oxygen atoms in total. The smallest absolute Gasteiger partial charge is 0.254 e. The predicted octanol–water partition coefficient (Wildman–Crippen LogP) is 3.92. The van der Waals surface area contributed by atoms with E-state index in [1.54, 1.807) is 0 Å². The van der Waals surface area contributed by atoms with Crippen LogP contribution >= 0.6 is 0 Å². The van der Waals surface area contributed by atoms with Gasteiger partial charge in [0, 0.05) is 47.3 Å². The van der Waals surface area contributed by atoms with Crippen molar-refractivity contribution < 1.29 is 9.53 Å². The predicted molar refractivity (Wildman–Crippen MR) is 131 cm³/mol. The number of amides is 1. The van der Waals surface area contributed by atoms with Gasteiger partial charge in [-0.05, 0) is 43.2 Å². The first-order valence-electron chi connectivity index (χ1n) is 12.2. The van der Waals surface area contributed by atoms with Crippen molar-refractivity contribution in [3.63, 3.8) is 0 Å². The maximum absolute atomic E-state index is 12.7. The number of hydrogen-bond donors (Lipinski definition) is 2. The number of allylic oxidation sites excluding steroid dienone is 1. The lowest BCUT2D eigenvalue weighted by molar-refractivity contribution is 0.0303. The van der Waals surface area contributed by atoms with E-state index in [2.05, 4.69) is 32.8 Å². The van der Waals surface area contributed by atoms with Gasteiger partial charge in [-0.15, -0.1) is 0 Å². The molecule has 0 radical (unpaired) electrons. The summed E-state index contributed by atoms with van der Waals surface area (Å²) >= 11 is 0. The van der Waals surface area contributed by atoms with E-state index in [0.717, 1.165) is 41.8 Å². The van der Waals surface area contributed by atoms with Gasteiger partial charge in [0.1, 0.15) is 5.65 Å². The lowest BCUT2D eigenvalue weighted by atomic mass is 9.78. The van der Waals surface area contributed by atoms with E-state index in [-0.39, 0.29) is 11.4 Å². The molecule has 1 aromatic carbocycles. The third-order valence-corrected chi connectivity index (χ3v) is 7.46. The van der Waals surface area contributed by atoms with Crippen LogP contribution in [-0.2, 0) is 16.8 Å². The Kier molecular flexibility index (Phi) is 5.25. The highest BCUT2D eigenvalue weighted by molar-refractivity contribution is 5.94. The number of hydrogen-bond acceptors (Lipinski definition) is 6. The van der Waals surface area contributed by atoms with Crippen molar-refractivity contribution in [3.8, 4) is 0 Å². The van der Waals surface area contributed by atoms with Crippen molar-refractivity contribution in [3.05, 3.63) is 60.1 Å². The van der Waals surface area contributed by atoms with Crippen LogP contribution < -0.4 is 10.6 Å². The first kappa shape index (κ1) is 21.2. The van der Waals surface area contributed by atoms with Gasteiger partial charge in [-0.2, -0.15) is 4.98 Å². The van der Waals surface area contributed by atoms with Gasteiger partial charge in [-0.3, -0.25) is 4.79 Å². The molecule has 1 saturated carbocycles. The Hall–Kier alpha value is -3.39. The van der Waals surface area contributed by atoms with Crippen LogP contribution in [0.2, 0.25) is 0 Å². The molecule has 1 spiro atoms. The molecule has 0 bridgehead atoms. The average Bonchev–Trinajstić information content (AvgIpc) is 3.26. The third kappa shape index (κ3) is 3.53. The van der Waals surface area contributed by atoms with Crippen LogP contribution in [0, 0.1) is 0 Å². The Balaban J connectivity index is 1.28. The zero-order valence-electron chi connectivity index (χ0n) is 19.3. The molecule has 3 aliphatic rings. The second-order valence-corrected chi connectivity index (χ2v) is 9.47. The number of aromatic nitrogens is 3. The monoisotopic (exact) mass is 458 g/mol. The topological polar surface area (TPSA) is 84.3 Å². The summed E-state index contributed by atoms with van der Waals surface area (Å²) in [5.41, 5.74) is 4.71. The molecule has 2 aliphatic heterocycles. The van der Waals surface area contributed by atoms with Crippen molar-refractivity contribution in [1.29, 1.82) is 0 Å². The van der Waals surface area contributed by atoms with Crippen LogP contribution in [0.4, 0.5) is 11.6 Å². The minimum atomic E-state index is -0.110. The fraction of sp³-hybridized carbons (Fsp3) is 0.423. The highest BCUT2D eigenvalue weighted by Gasteiger charge is 2.41. The number of nitrogens with zero attached hydrogens (tertiary/aromatic N) is 4. The van der Waals surface area contributed by atoms with Gasteiger partial charge in [-0.1, -0.05) is 25.8 Å². The quantitative estimate of drug-likeness (QED) is 0.619. The van der Waals surface area contributed by atoms with Crippen LogP contribution in [0.15, 0.2) is 48.8 Å². The van der Waals surface area contributed by atoms with Gasteiger partial charge < -0.3 is 24.8 Å². The standard InChI is InChI=1S/C26H30N6O2/c1-18-26(9-3-2-4-10-26)32-22(17-27-18)15-20-16-28-25(30-23(20)32)29-21-7-5-19(6-8-21)24(33)31-11-13-34-14-12-31/h5-8,15-16,27H,1-4,9-14,17H2,(H,28,29,30). The van der Waals surface area contributed by atoms with Crippen molar-refractivity contribution in [1.82, 2.24) is 24.8 Å². The number of nitrogens with one attached hydrogen (secondary N) is 2. The number of rotatable bonds is 3. The Bertz CT molecular complexity index is 1240. The van der Waals surface area contributed by atoms with Crippen LogP contribution in [0.3, 0.4) is 0 Å². The summed E-state index contributed by atoms with van der Waals surface area (Å²) in [5.74, 6) is 0.592. The van der Waals surface area contributed by atoms with Crippen LogP contribution in [-0.4, -0.2) is 51.6 Å². The number of benzene rings is 1. The number of morpholine rings is 1. The second-order valence-electron chi connectivity index (χ2n) is 9.47. The molecule has 4 heterocycles. The summed E-state index contributed by atoms with van der Waals surface area (Å²) in [6, 6.07) is 9.71. The minimum Gasteiger partial charge on any atom is -0.381 e. The number of anilines is 2. The maximum Gasteiger partial charge on any atom is 0.254 e. The summed E-state index contributed by atoms with van der Waals surface area (Å²) in [4.78, 5) is 24.0. The number of fused-ring (bicyclic) bond motifs is 4. The van der Waals surface area contributed by atoms with Gasteiger partial charge in [0.2, 0.25) is 5.95 Å². The molecule has 6 rings (SSSR count). The largest absolute Gasteiger partial charge is 0.381 e. The van der Waals surface area contributed by atoms with Crippen molar-refractivity contribution in [2.24, 2.45) is 0 Å². The molecule has 1 saturated heterocycles. The lowest BCUT2D eigenvalue weighted by Crippen LogP contribution is -2.47. The Morgan fingerprint density at radius 3 is 2.65 bits per heavy atom. The molecule has 2 N–H and O–H groups in total. The Morgan fingerprint density at radius 1 is 1.12 bits per heavy atom. The van der Waals surface area contributed by atoms with E-state index < -0.39 is 0 Å². The van der Waals surface area contributed by atoms with Crippen LogP contribution in [0.5, 0.6) is 0 Å². The number of carbonyl (C=O) groups is 1. The van der Waals surface area contributed by atoms with Gasteiger partial charge in [0.15, 0.2) is 0 Å². The van der Waals surface area contributed by atoms with Gasteiger partial charge in [-0.25, -0.2) is 4.98 Å². The Morgan fingerprint density at radius 2 is 1.88 bits per heavy atom. The second kappa shape index (κ2) is 8.43. The summed E-state index contributed by atoms with van der Waals surface area (Å²) in [5, 5.41) is 7.91. The van der Waals surface area contributed by atoms with E-state index in [1.165, 1.54) is 25.0 Å². The van der Waals surface area contributed by atoms with E-state index >= 15 is 0 Å². The van der Waals surface area contributed by atoms with E-state index in [9.17, 15) is 4.79 Å². The third-order valence-electron chi connectivity index (χ3n) is 7.46. The van der Waals surface area contributed by atoms with Gasteiger partial charge >= 0.3 is 0 Å². The summed E-state index contributed by atoms with van der Waals surface area (Å²) in [7, 11) is 0. The number of ether oxygens (including phenoxy) is 1. The molecular weight excluding hydrogens is 428 g/mol. The molecule has 0 atom stereocenters. The molecule has 2 fully saturated rings. The molecule has 176 valence electrons. The van der Waals surface area contributed by atoms with Gasteiger partial charge in [0.25, 0.3) is 5.91 Å². The molecule has 1 amide bonds. The SMILES string of the molecule is C=C1NCc2cc3cnc(Nc4ccc(C(=O)N5CCOCC5)cc4)nc3n2C12CCCCC2.